The Balaban J connectivity index is 1.44. The minimum absolute atomic E-state index is 0.509. The van der Waals surface area contributed by atoms with Crippen molar-refractivity contribution in [3.63, 3.8) is 0 Å². The summed E-state index contributed by atoms with van der Waals surface area (Å²) < 4.78 is 5.65. The maximum Gasteiger partial charge on any atom is 0.0823 e. The Kier molecular flexibility index (Phi) is 3.70. The summed E-state index contributed by atoms with van der Waals surface area (Å²) in [6, 6.07) is 0. The zero-order valence-electron chi connectivity index (χ0n) is 7.87. The summed E-state index contributed by atoms with van der Waals surface area (Å²) >= 11 is 1.97. The van der Waals surface area contributed by atoms with E-state index in [1.807, 2.05) is 11.8 Å². The van der Waals surface area contributed by atoms with Gasteiger partial charge in [-0.25, -0.2) is 0 Å². The van der Waals surface area contributed by atoms with Gasteiger partial charge in [0.2, 0.25) is 0 Å². The Labute approximate surface area is 84.1 Å². The molecular weight excluding hydrogens is 182 g/mol. The average molecular weight is 199 g/mol. The van der Waals surface area contributed by atoms with E-state index in [0.717, 1.165) is 24.9 Å². The van der Waals surface area contributed by atoms with Crippen LogP contribution in [0.5, 0.6) is 0 Å². The fourth-order valence-corrected chi connectivity index (χ4v) is 2.53. The average Bonchev–Trinajstić information content (AvgIpc) is 2.53. The Morgan fingerprint density at radius 3 is 3.00 bits per heavy atom. The van der Waals surface area contributed by atoms with Gasteiger partial charge in [-0.3, -0.25) is 0 Å². The summed E-state index contributed by atoms with van der Waals surface area (Å²) in [6.45, 7) is 3.06. The third-order valence-electron chi connectivity index (χ3n) is 2.53. The lowest BCUT2D eigenvalue weighted by atomic mass is 10.2. The SMILES string of the molecule is C1=CSC(CCCOC2CNC2)C1. The molecule has 0 aromatic carbocycles. The summed E-state index contributed by atoms with van der Waals surface area (Å²) in [5.41, 5.74) is 0. The molecule has 74 valence electrons. The Morgan fingerprint density at radius 1 is 1.46 bits per heavy atom. The summed E-state index contributed by atoms with van der Waals surface area (Å²) in [7, 11) is 0. The monoisotopic (exact) mass is 199 g/mol. The maximum absolute atomic E-state index is 5.65. The second-order valence-corrected chi connectivity index (χ2v) is 4.87. The zero-order chi connectivity index (χ0) is 8.93. The van der Waals surface area contributed by atoms with Gasteiger partial charge in [0.15, 0.2) is 0 Å². The lowest BCUT2D eigenvalue weighted by Gasteiger charge is -2.27. The molecule has 1 saturated heterocycles. The maximum atomic E-state index is 5.65. The van der Waals surface area contributed by atoms with Gasteiger partial charge < -0.3 is 10.1 Å². The van der Waals surface area contributed by atoms with Gasteiger partial charge in [0, 0.05) is 24.9 Å². The molecule has 2 heterocycles. The van der Waals surface area contributed by atoms with Crippen molar-refractivity contribution in [2.45, 2.75) is 30.6 Å². The van der Waals surface area contributed by atoms with Crippen molar-refractivity contribution in [2.75, 3.05) is 19.7 Å². The third-order valence-corrected chi connectivity index (χ3v) is 3.70. The molecule has 2 rings (SSSR count). The molecule has 1 N–H and O–H groups in total. The zero-order valence-corrected chi connectivity index (χ0v) is 8.69. The van der Waals surface area contributed by atoms with Gasteiger partial charge in [-0.1, -0.05) is 6.08 Å². The smallest absolute Gasteiger partial charge is 0.0823 e. The number of ether oxygens (including phenoxy) is 1. The van der Waals surface area contributed by atoms with E-state index in [9.17, 15) is 0 Å². The minimum Gasteiger partial charge on any atom is -0.376 e. The number of thioether (sulfide) groups is 1. The first-order valence-electron chi connectivity index (χ1n) is 5.08. The Bertz CT molecular complexity index is 172. The van der Waals surface area contributed by atoms with Gasteiger partial charge in [0.05, 0.1) is 6.10 Å². The van der Waals surface area contributed by atoms with Crippen LogP contribution >= 0.6 is 11.8 Å². The highest BCUT2D eigenvalue weighted by Gasteiger charge is 2.17. The molecule has 0 spiro atoms. The molecule has 1 unspecified atom stereocenters. The highest BCUT2D eigenvalue weighted by molar-refractivity contribution is 8.02. The van der Waals surface area contributed by atoms with Crippen LogP contribution in [0.3, 0.4) is 0 Å². The lowest BCUT2D eigenvalue weighted by molar-refractivity contribution is 0.0171. The molecule has 0 aromatic rings. The van der Waals surface area contributed by atoms with E-state index < -0.39 is 0 Å². The molecule has 2 aliphatic heterocycles. The van der Waals surface area contributed by atoms with E-state index in [0.29, 0.717) is 6.10 Å². The molecule has 2 nitrogen and oxygen atoms in total. The predicted molar refractivity (Wildman–Crippen MR) is 57.0 cm³/mol. The van der Waals surface area contributed by atoms with Gasteiger partial charge >= 0.3 is 0 Å². The fourth-order valence-electron chi connectivity index (χ4n) is 1.56. The summed E-state index contributed by atoms with van der Waals surface area (Å²) in [6.07, 6.45) is 6.56. The molecule has 0 saturated carbocycles. The van der Waals surface area contributed by atoms with Crippen LogP contribution in [0.2, 0.25) is 0 Å². The first kappa shape index (κ1) is 9.56. The lowest BCUT2D eigenvalue weighted by Crippen LogP contribution is -2.48. The van der Waals surface area contributed by atoms with Crippen LogP contribution in [-0.4, -0.2) is 31.1 Å². The number of nitrogens with one attached hydrogen (secondary N) is 1. The number of hydrogen-bond acceptors (Lipinski definition) is 3. The van der Waals surface area contributed by atoms with E-state index in [2.05, 4.69) is 16.8 Å². The first-order valence-corrected chi connectivity index (χ1v) is 6.02. The van der Waals surface area contributed by atoms with E-state index in [-0.39, 0.29) is 0 Å². The summed E-state index contributed by atoms with van der Waals surface area (Å²) in [4.78, 5) is 0. The van der Waals surface area contributed by atoms with Crippen molar-refractivity contribution in [2.24, 2.45) is 0 Å². The van der Waals surface area contributed by atoms with Gasteiger partial charge in [-0.15, -0.1) is 11.8 Å². The van der Waals surface area contributed by atoms with Crippen LogP contribution in [-0.2, 0) is 4.74 Å². The predicted octanol–water partition coefficient (Wildman–Crippen LogP) is 1.77. The van der Waals surface area contributed by atoms with Crippen LogP contribution in [0.1, 0.15) is 19.3 Å². The van der Waals surface area contributed by atoms with Gasteiger partial charge in [0.1, 0.15) is 0 Å². The first-order chi connectivity index (χ1) is 6.45. The van der Waals surface area contributed by atoms with Crippen molar-refractivity contribution >= 4 is 11.8 Å². The standard InChI is InChI=1S/C10H17NOS/c1(3-10-4-2-6-13-10)5-12-9-7-11-8-9/h2,6,9-11H,1,3-5,7-8H2. The molecule has 13 heavy (non-hydrogen) atoms. The molecule has 0 bridgehead atoms. The molecule has 0 amide bonds. The van der Waals surface area contributed by atoms with Crippen molar-refractivity contribution in [3.8, 4) is 0 Å². The molecule has 1 atom stereocenters. The number of hydrogen-bond donors (Lipinski definition) is 1. The van der Waals surface area contributed by atoms with E-state index in [1.165, 1.54) is 19.3 Å². The third kappa shape index (κ3) is 3.01. The quantitative estimate of drug-likeness (QED) is 0.682. The van der Waals surface area contributed by atoms with Crippen LogP contribution < -0.4 is 5.32 Å². The van der Waals surface area contributed by atoms with Gasteiger partial charge in [-0.05, 0) is 24.7 Å². The van der Waals surface area contributed by atoms with E-state index in [1.54, 1.807) is 0 Å². The molecule has 0 aromatic heterocycles. The van der Waals surface area contributed by atoms with E-state index in [4.69, 9.17) is 4.74 Å². The molecule has 0 aliphatic carbocycles. The van der Waals surface area contributed by atoms with Crippen LogP contribution in [0, 0.1) is 0 Å². The molecule has 1 fully saturated rings. The molecule has 3 heteroatoms. The number of rotatable bonds is 5. The van der Waals surface area contributed by atoms with Crippen molar-refractivity contribution in [1.29, 1.82) is 0 Å². The summed E-state index contributed by atoms with van der Waals surface area (Å²) in [5.74, 6) is 0. The topological polar surface area (TPSA) is 21.3 Å². The molecule has 0 radical (unpaired) electrons. The van der Waals surface area contributed by atoms with Crippen LogP contribution in [0.25, 0.3) is 0 Å². The highest BCUT2D eigenvalue weighted by Crippen LogP contribution is 2.27. The van der Waals surface area contributed by atoms with E-state index >= 15 is 0 Å². The van der Waals surface area contributed by atoms with Crippen molar-refractivity contribution in [3.05, 3.63) is 11.5 Å². The largest absolute Gasteiger partial charge is 0.376 e. The van der Waals surface area contributed by atoms with Gasteiger partial charge in [-0.2, -0.15) is 0 Å². The van der Waals surface area contributed by atoms with Crippen LogP contribution in [0.15, 0.2) is 11.5 Å². The van der Waals surface area contributed by atoms with Gasteiger partial charge in [0.25, 0.3) is 0 Å². The Morgan fingerprint density at radius 2 is 2.38 bits per heavy atom. The van der Waals surface area contributed by atoms with Crippen molar-refractivity contribution < 1.29 is 4.74 Å². The molecule has 2 aliphatic rings. The second kappa shape index (κ2) is 5.03. The summed E-state index contributed by atoms with van der Waals surface area (Å²) in [5, 5.41) is 6.26. The second-order valence-electron chi connectivity index (χ2n) is 3.66. The fraction of sp³-hybridized carbons (Fsp3) is 0.800. The van der Waals surface area contributed by atoms with Crippen LogP contribution in [0.4, 0.5) is 0 Å². The van der Waals surface area contributed by atoms with Crippen molar-refractivity contribution in [1.82, 2.24) is 5.32 Å². The molecular formula is C10H17NOS. The highest BCUT2D eigenvalue weighted by atomic mass is 32.2. The minimum atomic E-state index is 0.509. The Hall–Kier alpha value is 0.01000. The number of allylic oxidation sites excluding steroid dienone is 1. The normalized spacial score (nSPS) is 27.8.